The summed E-state index contributed by atoms with van der Waals surface area (Å²) in [7, 11) is 1.70. The summed E-state index contributed by atoms with van der Waals surface area (Å²) in [5.41, 5.74) is 3.22. The van der Waals surface area contributed by atoms with Crippen LogP contribution in [-0.4, -0.2) is 27.6 Å². The third-order valence-corrected chi connectivity index (χ3v) is 2.89. The third-order valence-electron chi connectivity index (χ3n) is 2.89. The fourth-order valence-corrected chi connectivity index (χ4v) is 1.89. The molecule has 0 radical (unpaired) electrons. The molecule has 0 aliphatic carbocycles. The van der Waals surface area contributed by atoms with E-state index in [1.54, 1.807) is 13.3 Å². The van der Waals surface area contributed by atoms with Gasteiger partial charge in [0.05, 0.1) is 24.2 Å². The minimum atomic E-state index is 0.0625. The van der Waals surface area contributed by atoms with Crippen molar-refractivity contribution in [1.29, 1.82) is 0 Å². The van der Waals surface area contributed by atoms with E-state index in [1.807, 2.05) is 22.9 Å². The van der Waals surface area contributed by atoms with Crippen LogP contribution in [0.5, 0.6) is 0 Å². The maximum atomic E-state index is 5.17. The number of nitrogens with one attached hydrogen (secondary N) is 1. The Kier molecular flexibility index (Phi) is 4.52. The number of methoxy groups -OCH3 is 1. The zero-order chi connectivity index (χ0) is 14.6. The van der Waals surface area contributed by atoms with Gasteiger partial charge < -0.3 is 10.1 Å². The summed E-state index contributed by atoms with van der Waals surface area (Å²) >= 11 is 0. The minimum absolute atomic E-state index is 0.0625. The highest BCUT2D eigenvalue weighted by molar-refractivity contribution is 5.36. The Bertz CT molecular complexity index is 557. The van der Waals surface area contributed by atoms with Crippen LogP contribution in [0, 0.1) is 0 Å². The molecule has 1 N–H and O–H groups in total. The van der Waals surface area contributed by atoms with Gasteiger partial charge in [0.1, 0.15) is 0 Å². The Labute approximate surface area is 120 Å². The Morgan fingerprint density at radius 2 is 2.10 bits per heavy atom. The summed E-state index contributed by atoms with van der Waals surface area (Å²) in [6.07, 6.45) is 1.79. The lowest BCUT2D eigenvalue weighted by Crippen LogP contribution is -2.35. The molecule has 0 bridgehead atoms. The second-order valence-electron chi connectivity index (χ2n) is 5.84. The molecule has 0 atom stereocenters. The van der Waals surface area contributed by atoms with Gasteiger partial charge in [0.2, 0.25) is 0 Å². The average Bonchev–Trinajstić information content (AvgIpc) is 2.84. The van der Waals surface area contributed by atoms with Crippen molar-refractivity contribution in [2.45, 2.75) is 39.5 Å². The number of benzene rings is 1. The van der Waals surface area contributed by atoms with Crippen molar-refractivity contribution >= 4 is 0 Å². The highest BCUT2D eigenvalue weighted by Gasteiger charge is 2.12. The quantitative estimate of drug-likeness (QED) is 0.909. The second-order valence-corrected chi connectivity index (χ2v) is 5.84. The van der Waals surface area contributed by atoms with E-state index in [4.69, 9.17) is 4.74 Å². The van der Waals surface area contributed by atoms with Crippen LogP contribution in [0.4, 0.5) is 0 Å². The molecule has 0 saturated carbocycles. The van der Waals surface area contributed by atoms with Crippen molar-refractivity contribution in [3.05, 3.63) is 41.7 Å². The predicted molar refractivity (Wildman–Crippen MR) is 78.7 cm³/mol. The van der Waals surface area contributed by atoms with Crippen molar-refractivity contribution < 1.29 is 4.74 Å². The molecule has 0 spiro atoms. The lowest BCUT2D eigenvalue weighted by Gasteiger charge is -2.20. The third kappa shape index (κ3) is 3.88. The van der Waals surface area contributed by atoms with E-state index in [0.29, 0.717) is 6.61 Å². The zero-order valence-electron chi connectivity index (χ0n) is 12.6. The molecule has 0 amide bonds. The summed E-state index contributed by atoms with van der Waals surface area (Å²) in [6.45, 7) is 7.74. The van der Waals surface area contributed by atoms with E-state index in [1.165, 1.54) is 0 Å². The molecule has 108 valence electrons. The maximum absolute atomic E-state index is 5.17. The molecule has 5 nitrogen and oxygen atoms in total. The standard InChI is InChI=1S/C15H22N4O/c1-15(2,3)16-9-14-10-17-18-19(14)13-7-5-6-12(8-13)11-20-4/h5-8,10,16H,9,11H2,1-4H3. The van der Waals surface area contributed by atoms with Crippen LogP contribution >= 0.6 is 0 Å². The highest BCUT2D eigenvalue weighted by Crippen LogP contribution is 2.13. The zero-order valence-corrected chi connectivity index (χ0v) is 12.6. The number of aromatic nitrogens is 3. The molecule has 2 aromatic rings. The molecule has 0 aliphatic heterocycles. The summed E-state index contributed by atoms with van der Waals surface area (Å²) in [5, 5.41) is 11.6. The number of ether oxygens (including phenoxy) is 1. The molecule has 1 heterocycles. The van der Waals surface area contributed by atoms with E-state index >= 15 is 0 Å². The van der Waals surface area contributed by atoms with Crippen molar-refractivity contribution in [2.24, 2.45) is 0 Å². The number of hydrogen-bond donors (Lipinski definition) is 1. The van der Waals surface area contributed by atoms with Gasteiger partial charge in [-0.3, -0.25) is 0 Å². The molecular weight excluding hydrogens is 252 g/mol. The fourth-order valence-electron chi connectivity index (χ4n) is 1.89. The van der Waals surface area contributed by atoms with Gasteiger partial charge in [-0.15, -0.1) is 5.10 Å². The second kappa shape index (κ2) is 6.15. The fraction of sp³-hybridized carbons (Fsp3) is 0.467. The van der Waals surface area contributed by atoms with E-state index in [0.717, 1.165) is 23.5 Å². The normalized spacial score (nSPS) is 11.8. The summed E-state index contributed by atoms with van der Waals surface area (Å²) in [5.74, 6) is 0. The van der Waals surface area contributed by atoms with Crippen LogP contribution in [0.15, 0.2) is 30.5 Å². The first-order valence-electron chi connectivity index (χ1n) is 6.72. The van der Waals surface area contributed by atoms with Gasteiger partial charge in [-0.05, 0) is 38.5 Å². The molecule has 0 fully saturated rings. The molecule has 20 heavy (non-hydrogen) atoms. The van der Waals surface area contributed by atoms with Crippen molar-refractivity contribution in [2.75, 3.05) is 7.11 Å². The highest BCUT2D eigenvalue weighted by atomic mass is 16.5. The maximum Gasteiger partial charge on any atom is 0.0783 e. The molecule has 1 aromatic heterocycles. The van der Waals surface area contributed by atoms with Crippen LogP contribution in [0.2, 0.25) is 0 Å². The van der Waals surface area contributed by atoms with Crippen LogP contribution in [0.3, 0.4) is 0 Å². The summed E-state index contributed by atoms with van der Waals surface area (Å²) < 4.78 is 7.02. The van der Waals surface area contributed by atoms with E-state index in [-0.39, 0.29) is 5.54 Å². The SMILES string of the molecule is COCc1cccc(-n2nncc2CNC(C)(C)C)c1. The molecule has 1 aromatic carbocycles. The van der Waals surface area contributed by atoms with Crippen molar-refractivity contribution in [3.63, 3.8) is 0 Å². The van der Waals surface area contributed by atoms with Crippen molar-refractivity contribution in [3.8, 4) is 5.69 Å². The van der Waals surface area contributed by atoms with Gasteiger partial charge in [0.25, 0.3) is 0 Å². The summed E-state index contributed by atoms with van der Waals surface area (Å²) in [4.78, 5) is 0. The van der Waals surface area contributed by atoms with Crippen LogP contribution < -0.4 is 5.32 Å². The Hall–Kier alpha value is -1.72. The van der Waals surface area contributed by atoms with Gasteiger partial charge >= 0.3 is 0 Å². The molecular formula is C15H22N4O. The van der Waals surface area contributed by atoms with E-state index < -0.39 is 0 Å². The van der Waals surface area contributed by atoms with E-state index in [9.17, 15) is 0 Å². The largest absolute Gasteiger partial charge is 0.380 e. The van der Waals surface area contributed by atoms with Crippen LogP contribution in [0.25, 0.3) is 5.69 Å². The molecule has 0 unspecified atom stereocenters. The van der Waals surface area contributed by atoms with Gasteiger partial charge in [-0.25, -0.2) is 4.68 Å². The van der Waals surface area contributed by atoms with Crippen LogP contribution in [0.1, 0.15) is 32.0 Å². The van der Waals surface area contributed by atoms with Gasteiger partial charge in [0, 0.05) is 19.2 Å². The van der Waals surface area contributed by atoms with Gasteiger partial charge in [-0.1, -0.05) is 17.3 Å². The Morgan fingerprint density at radius 3 is 2.80 bits per heavy atom. The topological polar surface area (TPSA) is 52.0 Å². The molecule has 5 heteroatoms. The Morgan fingerprint density at radius 1 is 1.30 bits per heavy atom. The van der Waals surface area contributed by atoms with Gasteiger partial charge in [-0.2, -0.15) is 0 Å². The first-order chi connectivity index (χ1) is 9.49. The number of rotatable bonds is 5. The number of hydrogen-bond acceptors (Lipinski definition) is 4. The first-order valence-corrected chi connectivity index (χ1v) is 6.72. The average molecular weight is 274 g/mol. The minimum Gasteiger partial charge on any atom is -0.380 e. The number of nitrogens with zero attached hydrogens (tertiary/aromatic N) is 3. The van der Waals surface area contributed by atoms with Crippen molar-refractivity contribution in [1.82, 2.24) is 20.3 Å². The summed E-state index contributed by atoms with van der Waals surface area (Å²) in [6, 6.07) is 8.14. The predicted octanol–water partition coefficient (Wildman–Crippen LogP) is 2.30. The molecule has 2 rings (SSSR count). The lowest BCUT2D eigenvalue weighted by molar-refractivity contribution is 0.185. The lowest BCUT2D eigenvalue weighted by atomic mass is 10.1. The smallest absolute Gasteiger partial charge is 0.0783 e. The first kappa shape index (κ1) is 14.7. The van der Waals surface area contributed by atoms with Crippen LogP contribution in [-0.2, 0) is 17.9 Å². The molecule has 0 saturated heterocycles. The molecule has 0 aliphatic rings. The monoisotopic (exact) mass is 274 g/mol. The van der Waals surface area contributed by atoms with Gasteiger partial charge in [0.15, 0.2) is 0 Å². The Balaban J connectivity index is 2.21. The van der Waals surface area contributed by atoms with E-state index in [2.05, 4.69) is 42.5 Å².